The Balaban J connectivity index is 2.82. The molecule has 0 aliphatic rings. The van der Waals surface area contributed by atoms with E-state index in [0.717, 1.165) is 27.4 Å². The molecule has 0 saturated heterocycles. The lowest BCUT2D eigenvalue weighted by atomic mass is 9.91. The number of halogens is 1. The SMILES string of the molecule is CC(C)c1nc(N(C)S(C)(=O)=O)nc(-c2ccc(F)cc2)c1C(C)C. The Labute approximate surface area is 149 Å². The molecule has 5 nitrogen and oxygen atoms in total. The van der Waals surface area contributed by atoms with E-state index in [2.05, 4.69) is 9.97 Å². The van der Waals surface area contributed by atoms with Crippen molar-refractivity contribution in [1.82, 2.24) is 9.97 Å². The van der Waals surface area contributed by atoms with Gasteiger partial charge in [-0.1, -0.05) is 27.7 Å². The smallest absolute Gasteiger partial charge is 0.239 e. The summed E-state index contributed by atoms with van der Waals surface area (Å²) in [7, 11) is -2.06. The highest BCUT2D eigenvalue weighted by Crippen LogP contribution is 2.34. The number of hydrogen-bond acceptors (Lipinski definition) is 4. The van der Waals surface area contributed by atoms with Gasteiger partial charge in [0.05, 0.1) is 17.6 Å². The molecular formula is C18H24FN3O2S. The van der Waals surface area contributed by atoms with Crippen LogP contribution in [0.15, 0.2) is 24.3 Å². The summed E-state index contributed by atoms with van der Waals surface area (Å²) >= 11 is 0. The zero-order valence-corrected chi connectivity index (χ0v) is 16.2. The molecule has 0 spiro atoms. The molecular weight excluding hydrogens is 341 g/mol. The van der Waals surface area contributed by atoms with Crippen LogP contribution in [0.1, 0.15) is 50.8 Å². The fourth-order valence-corrected chi connectivity index (χ4v) is 2.98. The zero-order valence-electron chi connectivity index (χ0n) is 15.4. The summed E-state index contributed by atoms with van der Waals surface area (Å²) in [5.41, 5.74) is 3.12. The van der Waals surface area contributed by atoms with E-state index in [0.29, 0.717) is 5.69 Å². The van der Waals surface area contributed by atoms with E-state index in [9.17, 15) is 12.8 Å². The topological polar surface area (TPSA) is 63.2 Å². The maximum atomic E-state index is 13.3. The third-order valence-corrected chi connectivity index (χ3v) is 5.14. The van der Waals surface area contributed by atoms with E-state index in [4.69, 9.17) is 0 Å². The normalized spacial score (nSPS) is 12.0. The van der Waals surface area contributed by atoms with Gasteiger partial charge in [-0.25, -0.2) is 27.1 Å². The summed E-state index contributed by atoms with van der Waals surface area (Å²) in [4.78, 5) is 9.04. The molecule has 0 fully saturated rings. The molecule has 0 N–H and O–H groups in total. The lowest BCUT2D eigenvalue weighted by Crippen LogP contribution is -2.28. The summed E-state index contributed by atoms with van der Waals surface area (Å²) in [5, 5.41) is 0. The van der Waals surface area contributed by atoms with Crippen molar-refractivity contribution in [2.75, 3.05) is 17.6 Å². The van der Waals surface area contributed by atoms with E-state index >= 15 is 0 Å². The molecule has 1 aromatic heterocycles. The van der Waals surface area contributed by atoms with Crippen LogP contribution in [0.25, 0.3) is 11.3 Å². The van der Waals surface area contributed by atoms with Crippen LogP contribution in [-0.4, -0.2) is 31.7 Å². The number of rotatable bonds is 5. The summed E-state index contributed by atoms with van der Waals surface area (Å²) < 4.78 is 38.2. The van der Waals surface area contributed by atoms with E-state index in [-0.39, 0.29) is 23.6 Å². The fourth-order valence-electron chi connectivity index (χ4n) is 2.60. The minimum absolute atomic E-state index is 0.0892. The number of nitrogens with zero attached hydrogens (tertiary/aromatic N) is 3. The van der Waals surface area contributed by atoms with Gasteiger partial charge in [0.15, 0.2) is 0 Å². The van der Waals surface area contributed by atoms with Gasteiger partial charge in [-0.05, 0) is 36.1 Å². The Hall–Kier alpha value is -2.02. The Kier molecular flexibility index (Phi) is 5.46. The third kappa shape index (κ3) is 4.15. The predicted molar refractivity (Wildman–Crippen MR) is 98.9 cm³/mol. The van der Waals surface area contributed by atoms with Crippen molar-refractivity contribution >= 4 is 16.0 Å². The van der Waals surface area contributed by atoms with Gasteiger partial charge in [0.25, 0.3) is 0 Å². The van der Waals surface area contributed by atoms with Crippen molar-refractivity contribution in [3.63, 3.8) is 0 Å². The number of hydrogen-bond donors (Lipinski definition) is 0. The molecule has 0 amide bonds. The van der Waals surface area contributed by atoms with Gasteiger partial charge in [-0.3, -0.25) is 0 Å². The molecule has 0 aliphatic carbocycles. The van der Waals surface area contributed by atoms with Gasteiger partial charge in [0.2, 0.25) is 16.0 Å². The Morgan fingerprint density at radius 3 is 2.00 bits per heavy atom. The van der Waals surface area contributed by atoms with Gasteiger partial charge in [0.1, 0.15) is 5.82 Å². The van der Waals surface area contributed by atoms with Crippen LogP contribution in [0.4, 0.5) is 10.3 Å². The molecule has 25 heavy (non-hydrogen) atoms. The largest absolute Gasteiger partial charge is 0.241 e. The van der Waals surface area contributed by atoms with Crippen LogP contribution < -0.4 is 4.31 Å². The van der Waals surface area contributed by atoms with Crippen LogP contribution >= 0.6 is 0 Å². The Bertz CT molecular complexity index is 863. The van der Waals surface area contributed by atoms with Crippen LogP contribution in [0.3, 0.4) is 0 Å². The predicted octanol–water partition coefficient (Wildman–Crippen LogP) is 3.93. The lowest BCUT2D eigenvalue weighted by Gasteiger charge is -2.23. The van der Waals surface area contributed by atoms with Gasteiger partial charge in [0, 0.05) is 18.2 Å². The Morgan fingerprint density at radius 1 is 1.00 bits per heavy atom. The van der Waals surface area contributed by atoms with Crippen molar-refractivity contribution in [2.24, 2.45) is 0 Å². The van der Waals surface area contributed by atoms with Gasteiger partial charge < -0.3 is 0 Å². The molecule has 0 bridgehead atoms. The highest BCUT2D eigenvalue weighted by molar-refractivity contribution is 7.92. The highest BCUT2D eigenvalue weighted by atomic mass is 32.2. The summed E-state index contributed by atoms with van der Waals surface area (Å²) in [6.45, 7) is 8.09. The number of sulfonamides is 1. The van der Waals surface area contributed by atoms with Crippen molar-refractivity contribution in [3.05, 3.63) is 41.3 Å². The molecule has 2 aromatic rings. The van der Waals surface area contributed by atoms with Crippen molar-refractivity contribution in [1.29, 1.82) is 0 Å². The first-order valence-electron chi connectivity index (χ1n) is 8.14. The van der Waals surface area contributed by atoms with E-state index in [1.165, 1.54) is 19.2 Å². The second-order valence-corrected chi connectivity index (χ2v) is 8.73. The van der Waals surface area contributed by atoms with Gasteiger partial charge in [-0.15, -0.1) is 0 Å². The first-order chi connectivity index (χ1) is 11.5. The first-order valence-corrected chi connectivity index (χ1v) is 9.98. The van der Waals surface area contributed by atoms with Crippen LogP contribution in [0, 0.1) is 5.82 Å². The second kappa shape index (κ2) is 7.07. The van der Waals surface area contributed by atoms with Gasteiger partial charge >= 0.3 is 0 Å². The molecule has 1 heterocycles. The highest BCUT2D eigenvalue weighted by Gasteiger charge is 2.24. The molecule has 0 saturated carbocycles. The minimum Gasteiger partial charge on any atom is -0.241 e. The minimum atomic E-state index is -3.49. The summed E-state index contributed by atoms with van der Waals surface area (Å²) in [6.07, 6.45) is 1.11. The summed E-state index contributed by atoms with van der Waals surface area (Å²) in [5.74, 6) is 0.0118. The van der Waals surface area contributed by atoms with Crippen molar-refractivity contribution in [2.45, 2.75) is 39.5 Å². The van der Waals surface area contributed by atoms with Crippen molar-refractivity contribution in [3.8, 4) is 11.3 Å². The lowest BCUT2D eigenvalue weighted by molar-refractivity contribution is 0.599. The van der Waals surface area contributed by atoms with Crippen LogP contribution in [-0.2, 0) is 10.0 Å². The average molecular weight is 365 g/mol. The summed E-state index contributed by atoms with van der Waals surface area (Å²) in [6, 6.07) is 6.04. The number of anilines is 1. The van der Waals surface area contributed by atoms with Gasteiger partial charge in [-0.2, -0.15) is 0 Å². The van der Waals surface area contributed by atoms with E-state index in [1.54, 1.807) is 12.1 Å². The zero-order chi connectivity index (χ0) is 18.9. The molecule has 0 atom stereocenters. The quantitative estimate of drug-likeness (QED) is 0.805. The monoisotopic (exact) mass is 365 g/mol. The Morgan fingerprint density at radius 2 is 1.56 bits per heavy atom. The van der Waals surface area contributed by atoms with Crippen LogP contribution in [0.5, 0.6) is 0 Å². The first kappa shape index (κ1) is 19.3. The second-order valence-electron chi connectivity index (χ2n) is 6.72. The third-order valence-electron chi connectivity index (χ3n) is 3.98. The molecule has 1 aromatic carbocycles. The standard InChI is InChI=1S/C18H24FN3O2S/c1-11(2)15-16(12(3)4)20-18(22(5)25(6,23)24)21-17(15)13-7-9-14(19)10-8-13/h7-12H,1-6H3. The molecule has 0 radical (unpaired) electrons. The number of benzene rings is 1. The molecule has 136 valence electrons. The fraction of sp³-hybridized carbons (Fsp3) is 0.444. The van der Waals surface area contributed by atoms with E-state index in [1.807, 2.05) is 27.7 Å². The number of aromatic nitrogens is 2. The van der Waals surface area contributed by atoms with E-state index < -0.39 is 10.0 Å². The van der Waals surface area contributed by atoms with Crippen LogP contribution in [0.2, 0.25) is 0 Å². The molecule has 0 unspecified atom stereocenters. The molecule has 7 heteroatoms. The van der Waals surface area contributed by atoms with Crippen molar-refractivity contribution < 1.29 is 12.8 Å². The average Bonchev–Trinajstić information content (AvgIpc) is 2.52. The molecule has 0 aliphatic heterocycles. The maximum Gasteiger partial charge on any atom is 0.239 e. The maximum absolute atomic E-state index is 13.3. The molecule has 2 rings (SSSR count).